The van der Waals surface area contributed by atoms with E-state index < -0.39 is 5.91 Å². The quantitative estimate of drug-likeness (QED) is 0.453. The summed E-state index contributed by atoms with van der Waals surface area (Å²) in [7, 11) is 0. The van der Waals surface area contributed by atoms with Crippen molar-refractivity contribution in [3.63, 3.8) is 0 Å². The number of fused-ring (bicyclic) bond motifs is 3. The number of H-pyrrole nitrogens is 1. The Morgan fingerprint density at radius 1 is 1.06 bits per heavy atom. The first-order chi connectivity index (χ1) is 14.9. The van der Waals surface area contributed by atoms with Gasteiger partial charge >= 0.3 is 0 Å². The van der Waals surface area contributed by atoms with Crippen molar-refractivity contribution >= 4 is 38.9 Å². The molecule has 0 aliphatic carbocycles. The predicted molar refractivity (Wildman–Crippen MR) is 120 cm³/mol. The zero-order valence-corrected chi connectivity index (χ0v) is 17.6. The summed E-state index contributed by atoms with van der Waals surface area (Å²) in [6, 6.07) is 17.1. The number of para-hydroxylation sites is 1. The van der Waals surface area contributed by atoms with E-state index in [1.165, 1.54) is 17.5 Å². The van der Waals surface area contributed by atoms with Gasteiger partial charge in [-0.25, -0.2) is 4.52 Å². The van der Waals surface area contributed by atoms with Crippen molar-refractivity contribution in [1.29, 1.82) is 0 Å². The molecule has 5 aromatic rings. The Morgan fingerprint density at radius 2 is 1.81 bits per heavy atom. The van der Waals surface area contributed by atoms with Crippen LogP contribution in [-0.4, -0.2) is 30.7 Å². The maximum Gasteiger partial charge on any atom is 0.262 e. The Kier molecular flexibility index (Phi) is 4.40. The molecule has 5 rings (SSSR count). The molecular formula is C22H18N6O2S. The third-order valence-electron chi connectivity index (χ3n) is 5.30. The molecule has 3 heterocycles. The Hall–Kier alpha value is -3.85. The van der Waals surface area contributed by atoms with Gasteiger partial charge < -0.3 is 4.98 Å². The first-order valence-electron chi connectivity index (χ1n) is 9.65. The number of nitrogens with one attached hydrogen (secondary N) is 2. The minimum atomic E-state index is -0.416. The molecule has 31 heavy (non-hydrogen) atoms. The molecule has 8 nitrogen and oxygen atoms in total. The molecule has 2 N–H and O–H groups in total. The number of aromatic amines is 1. The summed E-state index contributed by atoms with van der Waals surface area (Å²) in [4.78, 5) is 28.1. The summed E-state index contributed by atoms with van der Waals surface area (Å²) >= 11 is 1.32. The average molecular weight is 430 g/mol. The van der Waals surface area contributed by atoms with E-state index in [1.54, 1.807) is 22.7 Å². The van der Waals surface area contributed by atoms with Crippen LogP contribution in [0.4, 0.5) is 5.13 Å². The van der Waals surface area contributed by atoms with E-state index in [9.17, 15) is 9.59 Å². The number of hydrogen-bond acceptors (Lipinski definition) is 6. The maximum absolute atomic E-state index is 12.9. The summed E-state index contributed by atoms with van der Waals surface area (Å²) in [6.07, 6.45) is 1.43. The average Bonchev–Trinajstić information content (AvgIpc) is 3.42. The maximum atomic E-state index is 12.9. The minimum absolute atomic E-state index is 0.252. The van der Waals surface area contributed by atoms with Crippen LogP contribution in [-0.2, 0) is 5.41 Å². The van der Waals surface area contributed by atoms with Crippen LogP contribution in [0, 0.1) is 0 Å². The van der Waals surface area contributed by atoms with Crippen molar-refractivity contribution in [2.45, 2.75) is 19.3 Å². The molecule has 0 unspecified atom stereocenters. The summed E-state index contributed by atoms with van der Waals surface area (Å²) in [6.45, 7) is 4.13. The molecule has 0 aliphatic rings. The zero-order valence-electron chi connectivity index (χ0n) is 16.8. The van der Waals surface area contributed by atoms with Gasteiger partial charge in [0.25, 0.3) is 11.5 Å². The van der Waals surface area contributed by atoms with Crippen LogP contribution >= 0.6 is 11.3 Å². The van der Waals surface area contributed by atoms with E-state index in [1.807, 2.05) is 36.4 Å². The zero-order chi connectivity index (χ0) is 21.6. The fourth-order valence-electron chi connectivity index (χ4n) is 3.51. The molecule has 9 heteroatoms. The van der Waals surface area contributed by atoms with Crippen LogP contribution in [0.15, 0.2) is 65.6 Å². The fourth-order valence-corrected chi connectivity index (χ4v) is 4.38. The number of hydrogen-bond donors (Lipinski definition) is 2. The summed E-state index contributed by atoms with van der Waals surface area (Å²) < 4.78 is 1.55. The second-order valence-corrected chi connectivity index (χ2v) is 8.62. The van der Waals surface area contributed by atoms with Crippen molar-refractivity contribution < 1.29 is 4.79 Å². The second-order valence-electron chi connectivity index (χ2n) is 7.65. The topological polar surface area (TPSA) is 105 Å². The first-order valence-corrected chi connectivity index (χ1v) is 10.5. The highest BCUT2D eigenvalue weighted by Crippen LogP contribution is 2.34. The molecule has 0 radical (unpaired) electrons. The first kappa shape index (κ1) is 19.1. The van der Waals surface area contributed by atoms with Gasteiger partial charge in [0.1, 0.15) is 16.2 Å². The highest BCUT2D eigenvalue weighted by molar-refractivity contribution is 7.15. The number of aromatic nitrogens is 5. The van der Waals surface area contributed by atoms with Crippen molar-refractivity contribution in [3.8, 4) is 0 Å². The summed E-state index contributed by atoms with van der Waals surface area (Å²) in [5.74, 6) is -0.416. The largest absolute Gasteiger partial charge is 0.306 e. The van der Waals surface area contributed by atoms with Crippen LogP contribution in [0.2, 0.25) is 0 Å². The van der Waals surface area contributed by atoms with E-state index in [4.69, 9.17) is 0 Å². The molecule has 0 bridgehead atoms. The van der Waals surface area contributed by atoms with Gasteiger partial charge in [-0.15, -0.1) is 10.2 Å². The molecule has 0 atom stereocenters. The van der Waals surface area contributed by atoms with Crippen molar-refractivity contribution in [2.24, 2.45) is 0 Å². The van der Waals surface area contributed by atoms with Crippen LogP contribution in [0.5, 0.6) is 0 Å². The molecule has 2 aromatic carbocycles. The van der Waals surface area contributed by atoms with E-state index in [-0.39, 0.29) is 16.5 Å². The number of anilines is 1. The number of rotatable bonds is 4. The van der Waals surface area contributed by atoms with Crippen LogP contribution < -0.4 is 10.9 Å². The Labute approximate surface area is 180 Å². The van der Waals surface area contributed by atoms with Crippen LogP contribution in [0.1, 0.15) is 34.8 Å². The monoisotopic (exact) mass is 430 g/mol. The normalized spacial score (nSPS) is 11.8. The minimum Gasteiger partial charge on any atom is -0.306 e. The van der Waals surface area contributed by atoms with E-state index in [0.717, 1.165) is 10.6 Å². The highest BCUT2D eigenvalue weighted by Gasteiger charge is 2.28. The lowest BCUT2D eigenvalue weighted by Crippen LogP contribution is -2.18. The molecule has 0 spiro atoms. The van der Waals surface area contributed by atoms with E-state index in [2.05, 4.69) is 39.4 Å². The van der Waals surface area contributed by atoms with E-state index in [0.29, 0.717) is 21.7 Å². The number of amides is 1. The third-order valence-corrected chi connectivity index (χ3v) is 6.46. The van der Waals surface area contributed by atoms with Crippen molar-refractivity contribution in [1.82, 2.24) is 24.8 Å². The van der Waals surface area contributed by atoms with Gasteiger partial charge in [-0.2, -0.15) is 5.10 Å². The molecule has 3 aromatic heterocycles. The number of nitrogens with zero attached hydrogens (tertiary/aromatic N) is 4. The lowest BCUT2D eigenvalue weighted by atomic mass is 9.85. The second kappa shape index (κ2) is 7.13. The van der Waals surface area contributed by atoms with Crippen LogP contribution in [0.25, 0.3) is 16.6 Å². The van der Waals surface area contributed by atoms with Crippen LogP contribution in [0.3, 0.4) is 0 Å². The highest BCUT2D eigenvalue weighted by atomic mass is 32.1. The van der Waals surface area contributed by atoms with Crippen molar-refractivity contribution in [3.05, 3.63) is 87.3 Å². The van der Waals surface area contributed by atoms with Gasteiger partial charge in [-0.1, -0.05) is 53.8 Å². The van der Waals surface area contributed by atoms with Gasteiger partial charge in [-0.3, -0.25) is 14.9 Å². The van der Waals surface area contributed by atoms with Gasteiger partial charge in [-0.05, 0) is 31.5 Å². The Morgan fingerprint density at radius 3 is 2.61 bits per heavy atom. The lowest BCUT2D eigenvalue weighted by Gasteiger charge is -2.21. The predicted octanol–water partition coefficient (Wildman–Crippen LogP) is 3.61. The summed E-state index contributed by atoms with van der Waals surface area (Å²) in [5.41, 5.74) is 1.69. The third kappa shape index (κ3) is 3.19. The Bertz CT molecular complexity index is 1480. The molecule has 0 aliphatic heterocycles. The molecule has 1 amide bonds. The summed E-state index contributed by atoms with van der Waals surface area (Å²) in [5, 5.41) is 17.2. The molecule has 0 saturated heterocycles. The lowest BCUT2D eigenvalue weighted by molar-refractivity contribution is 0.102. The molecule has 0 saturated carbocycles. The van der Waals surface area contributed by atoms with Gasteiger partial charge in [0.05, 0.1) is 17.1 Å². The SMILES string of the molecule is CC(C)(c1ccccc1)c1nnc(NC(=O)c2cnn3c2[nH]c(=O)c2ccccc23)s1. The number of carbonyl (C=O) groups excluding carboxylic acids is 1. The van der Waals surface area contributed by atoms with Crippen molar-refractivity contribution in [2.75, 3.05) is 5.32 Å². The van der Waals surface area contributed by atoms with E-state index >= 15 is 0 Å². The Balaban J connectivity index is 1.47. The van der Waals surface area contributed by atoms with Gasteiger partial charge in [0.15, 0.2) is 0 Å². The standard InChI is InChI=1S/C22H18N6O2S/c1-22(2,13-8-4-3-5-9-13)20-26-27-21(31-20)25-19(30)15-12-23-28-16-11-7-6-10-14(16)18(29)24-17(15)28/h3-12H,1-2H3,(H,24,29)(H,25,27,30). The molecule has 154 valence electrons. The van der Waals surface area contributed by atoms with Gasteiger partial charge in [0, 0.05) is 5.41 Å². The molecular weight excluding hydrogens is 412 g/mol. The molecule has 0 fully saturated rings. The van der Waals surface area contributed by atoms with Gasteiger partial charge in [0.2, 0.25) is 5.13 Å². The smallest absolute Gasteiger partial charge is 0.262 e. The number of carbonyl (C=O) groups is 1. The number of benzene rings is 2. The fraction of sp³-hybridized carbons (Fsp3) is 0.136.